The van der Waals surface area contributed by atoms with Crippen LogP contribution in [-0.4, -0.2) is 22.4 Å². The summed E-state index contributed by atoms with van der Waals surface area (Å²) in [5.41, 5.74) is 6.66. The summed E-state index contributed by atoms with van der Waals surface area (Å²) < 4.78 is 5.74. The largest absolute Gasteiger partial charge is 0.388 e. The van der Waals surface area contributed by atoms with Crippen molar-refractivity contribution < 1.29 is 8.17 Å². The Morgan fingerprint density at radius 3 is 2.45 bits per heavy atom. The SMILES string of the molecule is CCCCCC[C@](C)(O)[C@@]1(N)CCC2C3CCC4C[C@@H](OI)CC[C@]4(C)C3CC[C@@]21C. The highest BCUT2D eigenvalue weighted by Gasteiger charge is 2.67. The van der Waals surface area contributed by atoms with E-state index >= 15 is 0 Å². The van der Waals surface area contributed by atoms with Gasteiger partial charge in [-0.15, -0.1) is 0 Å². The van der Waals surface area contributed by atoms with E-state index in [9.17, 15) is 5.11 Å². The van der Waals surface area contributed by atoms with Crippen LogP contribution in [0, 0.1) is 34.5 Å². The van der Waals surface area contributed by atoms with Crippen molar-refractivity contribution in [3.8, 4) is 0 Å². The smallest absolute Gasteiger partial charge is 0.110 e. The lowest BCUT2D eigenvalue weighted by Gasteiger charge is -2.63. The van der Waals surface area contributed by atoms with E-state index in [1.54, 1.807) is 0 Å². The van der Waals surface area contributed by atoms with Crippen molar-refractivity contribution in [1.82, 2.24) is 0 Å². The maximum atomic E-state index is 11.7. The standard InChI is InChI=1S/C27H48INO2/c1-5-6-7-8-14-26(4,30)27(29)17-13-23-21-10-9-19-18-20(31-28)11-15-24(19,2)22(21)12-16-25(23,27)3/h19-23,30H,5-18,29H2,1-4H3/t19?,20-,21?,22?,23?,24-,25-,26-,27+/m0/s1. The van der Waals surface area contributed by atoms with Gasteiger partial charge in [0.15, 0.2) is 0 Å². The molecule has 4 saturated carbocycles. The molecule has 0 heterocycles. The zero-order valence-electron chi connectivity index (χ0n) is 20.6. The van der Waals surface area contributed by atoms with E-state index in [0.717, 1.165) is 37.0 Å². The normalized spacial score (nSPS) is 49.1. The van der Waals surface area contributed by atoms with Gasteiger partial charge in [-0.2, -0.15) is 0 Å². The molecule has 0 aromatic carbocycles. The number of rotatable bonds is 7. The van der Waals surface area contributed by atoms with Gasteiger partial charge in [0, 0.05) is 0 Å². The van der Waals surface area contributed by atoms with Gasteiger partial charge in [-0.1, -0.05) is 46.5 Å². The van der Waals surface area contributed by atoms with Gasteiger partial charge in [0.25, 0.3) is 0 Å². The topological polar surface area (TPSA) is 55.5 Å². The lowest BCUT2D eigenvalue weighted by molar-refractivity contribution is -0.149. The molecular formula is C27H48INO2. The molecular weight excluding hydrogens is 497 g/mol. The average Bonchev–Trinajstić information content (AvgIpc) is 3.03. The molecule has 3 N–H and O–H groups in total. The van der Waals surface area contributed by atoms with Crippen LogP contribution in [-0.2, 0) is 3.07 Å². The first-order chi connectivity index (χ1) is 14.6. The first-order valence-electron chi connectivity index (χ1n) is 13.4. The van der Waals surface area contributed by atoms with Gasteiger partial charge in [0.1, 0.15) is 23.0 Å². The zero-order valence-corrected chi connectivity index (χ0v) is 22.8. The predicted octanol–water partition coefficient (Wildman–Crippen LogP) is 7.18. The summed E-state index contributed by atoms with van der Waals surface area (Å²) in [6, 6.07) is 0. The van der Waals surface area contributed by atoms with Crippen LogP contribution in [0.5, 0.6) is 0 Å². The monoisotopic (exact) mass is 545 g/mol. The molecule has 4 heteroatoms. The van der Waals surface area contributed by atoms with Crippen LogP contribution in [0.2, 0.25) is 0 Å². The van der Waals surface area contributed by atoms with Crippen LogP contribution in [0.3, 0.4) is 0 Å². The van der Waals surface area contributed by atoms with Gasteiger partial charge >= 0.3 is 0 Å². The molecule has 0 saturated heterocycles. The fraction of sp³-hybridized carbons (Fsp3) is 1.00. The van der Waals surface area contributed by atoms with Crippen LogP contribution < -0.4 is 5.73 Å². The van der Waals surface area contributed by atoms with E-state index in [0.29, 0.717) is 17.4 Å². The quantitative estimate of drug-likeness (QED) is 0.263. The highest BCUT2D eigenvalue weighted by atomic mass is 127. The molecule has 180 valence electrons. The highest BCUT2D eigenvalue weighted by molar-refractivity contribution is 14.1. The van der Waals surface area contributed by atoms with Crippen LogP contribution in [0.25, 0.3) is 0 Å². The summed E-state index contributed by atoms with van der Waals surface area (Å²) in [5, 5.41) is 11.7. The minimum Gasteiger partial charge on any atom is -0.388 e. The van der Waals surface area contributed by atoms with Gasteiger partial charge in [-0.25, -0.2) is 0 Å². The molecule has 0 amide bonds. The molecule has 0 bridgehead atoms. The van der Waals surface area contributed by atoms with Gasteiger partial charge in [0.05, 0.1) is 17.2 Å². The minimum absolute atomic E-state index is 0.0775. The number of halogens is 1. The fourth-order valence-corrected chi connectivity index (χ4v) is 9.84. The minimum atomic E-state index is -0.756. The second kappa shape index (κ2) is 9.00. The third kappa shape index (κ3) is 3.86. The lowest BCUT2D eigenvalue weighted by Crippen LogP contribution is -2.68. The van der Waals surface area contributed by atoms with Crippen molar-refractivity contribution in [2.24, 2.45) is 40.2 Å². The van der Waals surface area contributed by atoms with E-state index in [1.165, 1.54) is 70.6 Å². The van der Waals surface area contributed by atoms with Crippen molar-refractivity contribution in [2.75, 3.05) is 0 Å². The maximum Gasteiger partial charge on any atom is 0.110 e. The predicted molar refractivity (Wildman–Crippen MR) is 137 cm³/mol. The second-order valence-electron chi connectivity index (χ2n) is 12.7. The van der Waals surface area contributed by atoms with E-state index in [-0.39, 0.29) is 5.41 Å². The van der Waals surface area contributed by atoms with Crippen LogP contribution >= 0.6 is 23.0 Å². The zero-order chi connectivity index (χ0) is 22.5. The Hall–Kier alpha value is 0.610. The first-order valence-corrected chi connectivity index (χ1v) is 14.3. The number of fused-ring (bicyclic) bond motifs is 5. The summed E-state index contributed by atoms with van der Waals surface area (Å²) >= 11 is 2.12. The van der Waals surface area contributed by atoms with Crippen molar-refractivity contribution >= 4 is 23.0 Å². The van der Waals surface area contributed by atoms with E-state index in [2.05, 4.69) is 50.7 Å². The summed E-state index contributed by atoms with van der Waals surface area (Å²) in [5.74, 6) is 3.17. The summed E-state index contributed by atoms with van der Waals surface area (Å²) in [6.45, 7) is 9.41. The Kier molecular flexibility index (Phi) is 7.18. The summed E-state index contributed by atoms with van der Waals surface area (Å²) in [7, 11) is 0. The highest BCUT2D eigenvalue weighted by Crippen LogP contribution is 2.69. The molecule has 0 aliphatic heterocycles. The molecule has 31 heavy (non-hydrogen) atoms. The van der Waals surface area contributed by atoms with E-state index < -0.39 is 11.1 Å². The molecule has 9 atom stereocenters. The average molecular weight is 546 g/mol. The Morgan fingerprint density at radius 1 is 1.00 bits per heavy atom. The van der Waals surface area contributed by atoms with Gasteiger partial charge in [-0.05, 0) is 106 Å². The number of hydrogen-bond donors (Lipinski definition) is 2. The Morgan fingerprint density at radius 2 is 1.74 bits per heavy atom. The Balaban J connectivity index is 1.52. The fourth-order valence-electron chi connectivity index (χ4n) is 9.38. The molecule has 3 nitrogen and oxygen atoms in total. The second-order valence-corrected chi connectivity index (χ2v) is 13.2. The molecule has 0 aromatic heterocycles. The molecule has 0 spiro atoms. The van der Waals surface area contributed by atoms with E-state index in [1.807, 2.05) is 0 Å². The van der Waals surface area contributed by atoms with Crippen LogP contribution in [0.4, 0.5) is 0 Å². The van der Waals surface area contributed by atoms with E-state index in [4.69, 9.17) is 8.80 Å². The molecule has 4 fully saturated rings. The van der Waals surface area contributed by atoms with Gasteiger partial charge in [0.2, 0.25) is 0 Å². The third-order valence-corrected chi connectivity index (χ3v) is 12.2. The number of nitrogens with two attached hydrogens (primary N) is 1. The Labute approximate surface area is 205 Å². The number of hydrogen-bond acceptors (Lipinski definition) is 3. The molecule has 0 aromatic rings. The van der Waals surface area contributed by atoms with Gasteiger partial charge < -0.3 is 13.9 Å². The maximum absolute atomic E-state index is 11.7. The summed E-state index contributed by atoms with van der Waals surface area (Å²) in [4.78, 5) is 0. The first kappa shape index (κ1) is 24.7. The molecule has 4 aliphatic carbocycles. The molecule has 4 rings (SSSR count). The van der Waals surface area contributed by atoms with Crippen molar-refractivity contribution in [3.63, 3.8) is 0 Å². The number of unbranched alkanes of at least 4 members (excludes halogenated alkanes) is 3. The molecule has 4 unspecified atom stereocenters. The van der Waals surface area contributed by atoms with Crippen molar-refractivity contribution in [1.29, 1.82) is 0 Å². The molecule has 4 aliphatic rings. The third-order valence-electron chi connectivity index (χ3n) is 11.5. The van der Waals surface area contributed by atoms with Gasteiger partial charge in [-0.3, -0.25) is 0 Å². The van der Waals surface area contributed by atoms with Crippen molar-refractivity contribution in [2.45, 2.75) is 135 Å². The van der Waals surface area contributed by atoms with Crippen LogP contribution in [0.15, 0.2) is 0 Å². The Bertz CT molecular complexity index is 641. The molecule has 0 radical (unpaired) electrons. The van der Waals surface area contributed by atoms with Crippen molar-refractivity contribution in [3.05, 3.63) is 0 Å². The summed E-state index contributed by atoms with van der Waals surface area (Å²) in [6.07, 6.45) is 17.5. The van der Waals surface area contributed by atoms with Crippen LogP contribution in [0.1, 0.15) is 118 Å². The number of aliphatic hydroxyl groups is 1. The lowest BCUT2D eigenvalue weighted by atomic mass is 9.43.